The Morgan fingerprint density at radius 1 is 1.35 bits per heavy atom. The van der Waals surface area contributed by atoms with Crippen LogP contribution < -0.4 is 5.32 Å². The highest BCUT2D eigenvalue weighted by atomic mass is 16.7. The van der Waals surface area contributed by atoms with E-state index in [1.807, 2.05) is 19.9 Å². The van der Waals surface area contributed by atoms with Crippen molar-refractivity contribution < 1.29 is 24.2 Å². The van der Waals surface area contributed by atoms with Gasteiger partial charge in [-0.3, -0.25) is 9.78 Å². The highest BCUT2D eigenvalue weighted by Crippen LogP contribution is 2.28. The van der Waals surface area contributed by atoms with Crippen molar-refractivity contribution in [1.82, 2.24) is 15.2 Å². The second-order valence-electron chi connectivity index (χ2n) is 6.13. The number of pyridine rings is 1. The van der Waals surface area contributed by atoms with Crippen LogP contribution in [0.5, 0.6) is 0 Å². The Morgan fingerprint density at radius 2 is 2.04 bits per heavy atom. The monoisotopic (exact) mass is 365 g/mol. The van der Waals surface area contributed by atoms with Gasteiger partial charge >= 0.3 is 6.09 Å². The lowest BCUT2D eigenvalue weighted by atomic mass is 10.1. The molecule has 2 rings (SSSR count). The van der Waals surface area contributed by atoms with Crippen LogP contribution in [0.15, 0.2) is 24.5 Å². The van der Waals surface area contributed by atoms with Crippen molar-refractivity contribution in [2.45, 2.75) is 51.5 Å². The molecule has 26 heavy (non-hydrogen) atoms. The summed E-state index contributed by atoms with van der Waals surface area (Å²) in [6.07, 6.45) is 3.58. The van der Waals surface area contributed by atoms with E-state index in [1.165, 1.54) is 0 Å². The lowest BCUT2D eigenvalue weighted by Crippen LogP contribution is -2.52. The van der Waals surface area contributed by atoms with Crippen LogP contribution in [0.2, 0.25) is 0 Å². The topological polar surface area (TPSA) is 101 Å². The van der Waals surface area contributed by atoms with E-state index in [0.29, 0.717) is 13.2 Å². The number of nitrogens with zero attached hydrogens (tertiary/aromatic N) is 2. The first kappa shape index (κ1) is 20.1. The molecule has 144 valence electrons. The molecule has 1 atom stereocenters. The first-order valence-corrected chi connectivity index (χ1v) is 8.97. The van der Waals surface area contributed by atoms with E-state index in [-0.39, 0.29) is 24.9 Å². The molecular weight excluding hydrogens is 338 g/mol. The van der Waals surface area contributed by atoms with E-state index in [4.69, 9.17) is 14.6 Å². The molecule has 8 heteroatoms. The van der Waals surface area contributed by atoms with E-state index in [1.54, 1.807) is 23.4 Å². The highest BCUT2D eigenvalue weighted by molar-refractivity contribution is 5.86. The molecule has 1 unspecified atom stereocenters. The standard InChI is InChI=1S/C18H27N3O5/c1-3-25-16(26-4-2)12-21(14-7-8-14)17(22)15(20-18(23)24)10-13-6-5-9-19-11-13/h5-6,9,11,14-16,20H,3-4,7-8,10,12H2,1-2H3,(H,23,24). The molecule has 0 spiro atoms. The normalized spacial score (nSPS) is 14.9. The van der Waals surface area contributed by atoms with Gasteiger partial charge in [0.15, 0.2) is 6.29 Å². The fraction of sp³-hybridized carbons (Fsp3) is 0.611. The Hall–Kier alpha value is -2.19. The first-order valence-electron chi connectivity index (χ1n) is 8.97. The Labute approximate surface area is 153 Å². The first-order chi connectivity index (χ1) is 12.5. The lowest BCUT2D eigenvalue weighted by Gasteiger charge is -2.30. The van der Waals surface area contributed by atoms with Gasteiger partial charge < -0.3 is 24.8 Å². The molecule has 0 aromatic carbocycles. The third-order valence-electron chi connectivity index (χ3n) is 4.08. The van der Waals surface area contributed by atoms with Gasteiger partial charge in [-0.1, -0.05) is 6.07 Å². The van der Waals surface area contributed by atoms with Crippen LogP contribution in [0.4, 0.5) is 4.79 Å². The maximum atomic E-state index is 13.1. The number of ether oxygens (including phenoxy) is 2. The molecule has 2 N–H and O–H groups in total. The maximum absolute atomic E-state index is 13.1. The third kappa shape index (κ3) is 6.27. The minimum absolute atomic E-state index is 0.109. The summed E-state index contributed by atoms with van der Waals surface area (Å²) in [5, 5.41) is 11.5. The summed E-state index contributed by atoms with van der Waals surface area (Å²) in [6.45, 7) is 4.97. The van der Waals surface area contributed by atoms with Gasteiger partial charge in [-0.15, -0.1) is 0 Å². The molecule has 0 saturated heterocycles. The minimum atomic E-state index is -1.23. The van der Waals surface area contributed by atoms with Gasteiger partial charge in [-0.25, -0.2) is 4.79 Å². The Balaban J connectivity index is 2.12. The molecule has 0 bridgehead atoms. The van der Waals surface area contributed by atoms with E-state index >= 15 is 0 Å². The molecule has 1 heterocycles. The van der Waals surface area contributed by atoms with Gasteiger partial charge in [0.05, 0.1) is 6.54 Å². The van der Waals surface area contributed by atoms with Crippen molar-refractivity contribution >= 4 is 12.0 Å². The number of carbonyl (C=O) groups is 2. The molecule has 1 aromatic rings. The van der Waals surface area contributed by atoms with E-state index in [0.717, 1.165) is 18.4 Å². The Bertz CT molecular complexity index is 573. The van der Waals surface area contributed by atoms with Gasteiger partial charge in [0.2, 0.25) is 5.91 Å². The largest absolute Gasteiger partial charge is 0.465 e. The third-order valence-corrected chi connectivity index (χ3v) is 4.08. The summed E-state index contributed by atoms with van der Waals surface area (Å²) in [6, 6.07) is 2.82. The average Bonchev–Trinajstić information content (AvgIpc) is 3.44. The summed E-state index contributed by atoms with van der Waals surface area (Å²) in [5.74, 6) is -0.261. The SMILES string of the molecule is CCOC(CN(C(=O)C(Cc1cccnc1)NC(=O)O)C1CC1)OCC. The van der Waals surface area contributed by atoms with Gasteiger partial charge in [-0.05, 0) is 38.3 Å². The molecule has 0 aliphatic heterocycles. The zero-order chi connectivity index (χ0) is 18.9. The Morgan fingerprint density at radius 3 is 2.54 bits per heavy atom. The van der Waals surface area contributed by atoms with Gasteiger partial charge in [0.1, 0.15) is 6.04 Å². The smallest absolute Gasteiger partial charge is 0.405 e. The van der Waals surface area contributed by atoms with Crippen LogP contribution in [0.25, 0.3) is 0 Å². The Kier molecular flexibility index (Phi) is 7.80. The summed E-state index contributed by atoms with van der Waals surface area (Å²) in [5.41, 5.74) is 0.793. The van der Waals surface area contributed by atoms with Crippen LogP contribution in [-0.2, 0) is 20.7 Å². The van der Waals surface area contributed by atoms with Crippen molar-refractivity contribution in [3.63, 3.8) is 0 Å². The molecule has 8 nitrogen and oxygen atoms in total. The zero-order valence-electron chi connectivity index (χ0n) is 15.3. The van der Waals surface area contributed by atoms with Crippen molar-refractivity contribution in [2.75, 3.05) is 19.8 Å². The molecule has 1 aliphatic carbocycles. The number of aromatic nitrogens is 1. The number of hydrogen-bond donors (Lipinski definition) is 2. The zero-order valence-corrected chi connectivity index (χ0v) is 15.3. The number of nitrogens with one attached hydrogen (secondary N) is 1. The van der Waals surface area contributed by atoms with Crippen LogP contribution >= 0.6 is 0 Å². The fourth-order valence-electron chi connectivity index (χ4n) is 2.79. The predicted molar refractivity (Wildman–Crippen MR) is 94.7 cm³/mol. The number of hydrogen-bond acceptors (Lipinski definition) is 5. The van der Waals surface area contributed by atoms with Crippen molar-refractivity contribution in [3.8, 4) is 0 Å². The second kappa shape index (κ2) is 10.1. The molecule has 1 aromatic heterocycles. The van der Waals surface area contributed by atoms with Crippen LogP contribution in [0, 0.1) is 0 Å². The molecule has 1 fully saturated rings. The van der Waals surface area contributed by atoms with Crippen molar-refractivity contribution in [1.29, 1.82) is 0 Å². The van der Waals surface area contributed by atoms with Crippen LogP contribution in [-0.4, -0.2) is 65.1 Å². The maximum Gasteiger partial charge on any atom is 0.405 e. The minimum Gasteiger partial charge on any atom is -0.465 e. The molecule has 0 radical (unpaired) electrons. The number of amides is 2. The summed E-state index contributed by atoms with van der Waals surface area (Å²) in [4.78, 5) is 30.0. The van der Waals surface area contributed by atoms with Gasteiger partial charge in [0.25, 0.3) is 0 Å². The predicted octanol–water partition coefficient (Wildman–Crippen LogP) is 1.65. The fourth-order valence-corrected chi connectivity index (χ4v) is 2.79. The summed E-state index contributed by atoms with van der Waals surface area (Å²) >= 11 is 0. The van der Waals surface area contributed by atoms with Gasteiger partial charge in [0, 0.05) is 38.1 Å². The van der Waals surface area contributed by atoms with Crippen LogP contribution in [0.3, 0.4) is 0 Å². The van der Waals surface area contributed by atoms with E-state index in [9.17, 15) is 9.59 Å². The highest BCUT2D eigenvalue weighted by Gasteiger charge is 2.38. The average molecular weight is 365 g/mol. The molecule has 2 amide bonds. The van der Waals surface area contributed by atoms with Crippen molar-refractivity contribution in [3.05, 3.63) is 30.1 Å². The number of carboxylic acid groups (broad SMARTS) is 1. The van der Waals surface area contributed by atoms with E-state index in [2.05, 4.69) is 10.3 Å². The second-order valence-corrected chi connectivity index (χ2v) is 6.13. The molecular formula is C18H27N3O5. The molecule has 1 saturated carbocycles. The van der Waals surface area contributed by atoms with Crippen molar-refractivity contribution in [2.24, 2.45) is 0 Å². The number of carbonyl (C=O) groups excluding carboxylic acids is 1. The van der Waals surface area contributed by atoms with E-state index < -0.39 is 18.4 Å². The quantitative estimate of drug-likeness (QED) is 0.578. The lowest BCUT2D eigenvalue weighted by molar-refractivity contribution is -0.160. The number of rotatable bonds is 11. The summed E-state index contributed by atoms with van der Waals surface area (Å²) in [7, 11) is 0. The van der Waals surface area contributed by atoms with Crippen LogP contribution in [0.1, 0.15) is 32.3 Å². The van der Waals surface area contributed by atoms with Gasteiger partial charge in [-0.2, -0.15) is 0 Å². The molecule has 1 aliphatic rings. The summed E-state index contributed by atoms with van der Waals surface area (Å²) < 4.78 is 11.1.